The maximum Gasteiger partial charge on any atom is 0.224 e. The van der Waals surface area contributed by atoms with E-state index < -0.39 is 0 Å². The van der Waals surface area contributed by atoms with Crippen LogP contribution in [0, 0.1) is 0 Å². The number of benzene rings is 1. The van der Waals surface area contributed by atoms with E-state index >= 15 is 0 Å². The number of nitrogens with one attached hydrogen (secondary N) is 1. The predicted octanol–water partition coefficient (Wildman–Crippen LogP) is 2.99. The maximum atomic E-state index is 11.8. The minimum Gasteiger partial charge on any atom is -0.467 e. The van der Waals surface area contributed by atoms with Crippen molar-refractivity contribution in [1.29, 1.82) is 0 Å². The highest BCUT2D eigenvalue weighted by atomic mass is 32.1. The number of hydrogen-bond donors (Lipinski definition) is 2. The van der Waals surface area contributed by atoms with Crippen molar-refractivity contribution in [3.05, 3.63) is 54.0 Å². The Hall–Kier alpha value is -1.68. The van der Waals surface area contributed by atoms with Crippen LogP contribution in [0.3, 0.4) is 0 Å². The van der Waals surface area contributed by atoms with E-state index in [0.717, 1.165) is 16.2 Å². The summed E-state index contributed by atoms with van der Waals surface area (Å²) < 4.78 is 5.24. The summed E-state index contributed by atoms with van der Waals surface area (Å²) in [6.07, 6.45) is 1.96. The molecule has 1 aromatic heterocycles. The van der Waals surface area contributed by atoms with E-state index in [1.165, 1.54) is 0 Å². The van der Waals surface area contributed by atoms with E-state index in [0.29, 0.717) is 6.42 Å². The van der Waals surface area contributed by atoms with Gasteiger partial charge in [-0.3, -0.25) is 4.79 Å². The molecule has 0 spiro atoms. The lowest BCUT2D eigenvalue weighted by atomic mass is 10.1. The van der Waals surface area contributed by atoms with Gasteiger partial charge < -0.3 is 9.73 Å². The number of furan rings is 1. The third-order valence-corrected chi connectivity index (χ3v) is 2.95. The molecular weight excluding hydrogens is 246 g/mol. The van der Waals surface area contributed by atoms with E-state index in [1.807, 2.05) is 43.3 Å². The Morgan fingerprint density at radius 2 is 2.06 bits per heavy atom. The molecule has 2 rings (SSSR count). The lowest BCUT2D eigenvalue weighted by molar-refractivity contribution is -0.121. The molecule has 2 aromatic rings. The molecule has 1 amide bonds. The zero-order valence-corrected chi connectivity index (χ0v) is 11.0. The van der Waals surface area contributed by atoms with Crippen LogP contribution in [0.1, 0.15) is 24.3 Å². The van der Waals surface area contributed by atoms with Gasteiger partial charge in [-0.2, -0.15) is 0 Å². The SMILES string of the molecule is CC(NC(=O)Cc1ccc(S)cc1)c1ccco1. The molecule has 1 unspecified atom stereocenters. The Morgan fingerprint density at radius 1 is 1.33 bits per heavy atom. The molecule has 0 saturated carbocycles. The fraction of sp³-hybridized carbons (Fsp3) is 0.214. The molecule has 0 aliphatic carbocycles. The first-order valence-electron chi connectivity index (χ1n) is 5.76. The van der Waals surface area contributed by atoms with Crippen molar-refractivity contribution in [2.24, 2.45) is 0 Å². The largest absolute Gasteiger partial charge is 0.467 e. The molecular formula is C14H15NO2S. The van der Waals surface area contributed by atoms with Crippen molar-refractivity contribution in [3.8, 4) is 0 Å². The summed E-state index contributed by atoms with van der Waals surface area (Å²) in [6.45, 7) is 1.90. The van der Waals surface area contributed by atoms with Gasteiger partial charge >= 0.3 is 0 Å². The lowest BCUT2D eigenvalue weighted by Gasteiger charge is -2.11. The molecule has 1 atom stereocenters. The highest BCUT2D eigenvalue weighted by molar-refractivity contribution is 7.80. The molecule has 1 heterocycles. The molecule has 1 N–H and O–H groups in total. The Balaban J connectivity index is 1.91. The summed E-state index contributed by atoms with van der Waals surface area (Å²) in [5.41, 5.74) is 0.969. The average Bonchev–Trinajstić information content (AvgIpc) is 2.85. The summed E-state index contributed by atoms with van der Waals surface area (Å²) in [7, 11) is 0. The van der Waals surface area contributed by atoms with E-state index in [2.05, 4.69) is 17.9 Å². The molecule has 0 saturated heterocycles. The molecule has 18 heavy (non-hydrogen) atoms. The van der Waals surface area contributed by atoms with Crippen LogP contribution in [0.5, 0.6) is 0 Å². The predicted molar refractivity (Wildman–Crippen MR) is 72.7 cm³/mol. The Bertz CT molecular complexity index is 505. The number of thiol groups is 1. The summed E-state index contributed by atoms with van der Waals surface area (Å²) in [5.74, 6) is 0.736. The summed E-state index contributed by atoms with van der Waals surface area (Å²) in [6, 6.07) is 11.1. The van der Waals surface area contributed by atoms with Gasteiger partial charge in [0, 0.05) is 4.90 Å². The Kier molecular flexibility index (Phi) is 4.10. The van der Waals surface area contributed by atoms with Gasteiger partial charge in [0.1, 0.15) is 5.76 Å². The monoisotopic (exact) mass is 261 g/mol. The van der Waals surface area contributed by atoms with Crippen LogP contribution < -0.4 is 5.32 Å². The van der Waals surface area contributed by atoms with Gasteiger partial charge in [-0.25, -0.2) is 0 Å². The lowest BCUT2D eigenvalue weighted by Crippen LogP contribution is -2.27. The van der Waals surface area contributed by atoms with Crippen molar-refractivity contribution >= 4 is 18.5 Å². The van der Waals surface area contributed by atoms with Crippen molar-refractivity contribution in [3.63, 3.8) is 0 Å². The number of amides is 1. The average molecular weight is 261 g/mol. The fourth-order valence-electron chi connectivity index (χ4n) is 1.70. The molecule has 0 aliphatic heterocycles. The summed E-state index contributed by atoms with van der Waals surface area (Å²) in [5, 5.41) is 2.89. The van der Waals surface area contributed by atoms with Gasteiger partial charge in [0.25, 0.3) is 0 Å². The quantitative estimate of drug-likeness (QED) is 0.831. The minimum absolute atomic E-state index is 0.0224. The molecule has 0 fully saturated rings. The van der Waals surface area contributed by atoms with Gasteiger partial charge in [-0.05, 0) is 36.8 Å². The zero-order valence-electron chi connectivity index (χ0n) is 10.1. The second-order valence-electron chi connectivity index (χ2n) is 4.15. The van der Waals surface area contributed by atoms with Crippen molar-refractivity contribution in [2.75, 3.05) is 0 Å². The van der Waals surface area contributed by atoms with Crippen LogP contribution in [0.4, 0.5) is 0 Å². The molecule has 1 aromatic carbocycles. The van der Waals surface area contributed by atoms with Crippen molar-refractivity contribution in [1.82, 2.24) is 5.32 Å². The third-order valence-electron chi connectivity index (χ3n) is 2.65. The van der Waals surface area contributed by atoms with Gasteiger partial charge in [0.15, 0.2) is 0 Å². The zero-order chi connectivity index (χ0) is 13.0. The topological polar surface area (TPSA) is 42.2 Å². The van der Waals surface area contributed by atoms with E-state index in [4.69, 9.17) is 4.42 Å². The van der Waals surface area contributed by atoms with Crippen LogP contribution in [0.2, 0.25) is 0 Å². The number of hydrogen-bond acceptors (Lipinski definition) is 3. The van der Waals surface area contributed by atoms with E-state index in [-0.39, 0.29) is 11.9 Å². The fourth-order valence-corrected chi connectivity index (χ4v) is 1.85. The van der Waals surface area contributed by atoms with Gasteiger partial charge in [0.2, 0.25) is 5.91 Å². The normalized spacial score (nSPS) is 12.1. The molecule has 4 heteroatoms. The number of carbonyl (C=O) groups excluding carboxylic acids is 1. The van der Waals surface area contributed by atoms with E-state index in [1.54, 1.807) is 6.26 Å². The van der Waals surface area contributed by atoms with Gasteiger partial charge in [-0.1, -0.05) is 12.1 Å². The minimum atomic E-state index is -0.114. The number of carbonyl (C=O) groups is 1. The maximum absolute atomic E-state index is 11.8. The highest BCUT2D eigenvalue weighted by Crippen LogP contribution is 2.13. The van der Waals surface area contributed by atoms with Crippen LogP contribution >= 0.6 is 12.6 Å². The molecule has 0 bridgehead atoms. The highest BCUT2D eigenvalue weighted by Gasteiger charge is 2.11. The smallest absolute Gasteiger partial charge is 0.224 e. The second-order valence-corrected chi connectivity index (χ2v) is 4.66. The molecule has 0 radical (unpaired) electrons. The first-order chi connectivity index (χ1) is 8.65. The summed E-state index contributed by atoms with van der Waals surface area (Å²) in [4.78, 5) is 12.7. The molecule has 3 nitrogen and oxygen atoms in total. The van der Waals surface area contributed by atoms with Crippen molar-refractivity contribution in [2.45, 2.75) is 24.3 Å². The first kappa shape index (κ1) is 12.8. The van der Waals surface area contributed by atoms with Gasteiger partial charge in [-0.15, -0.1) is 12.6 Å². The third kappa shape index (κ3) is 3.40. The van der Waals surface area contributed by atoms with Gasteiger partial charge in [0.05, 0.1) is 18.7 Å². The standard InChI is InChI=1S/C14H15NO2S/c1-10(13-3-2-8-17-13)15-14(16)9-11-4-6-12(18)7-5-11/h2-8,10,18H,9H2,1H3,(H,15,16). The van der Waals surface area contributed by atoms with Crippen molar-refractivity contribution < 1.29 is 9.21 Å². The Morgan fingerprint density at radius 3 is 2.67 bits per heavy atom. The Labute approximate surface area is 112 Å². The van der Waals surface area contributed by atoms with Crippen LogP contribution in [-0.4, -0.2) is 5.91 Å². The first-order valence-corrected chi connectivity index (χ1v) is 6.20. The number of rotatable bonds is 4. The van der Waals surface area contributed by atoms with Crippen LogP contribution in [0.25, 0.3) is 0 Å². The van der Waals surface area contributed by atoms with E-state index in [9.17, 15) is 4.79 Å². The van der Waals surface area contributed by atoms with Crippen LogP contribution in [0.15, 0.2) is 52.0 Å². The molecule has 0 aliphatic rings. The summed E-state index contributed by atoms with van der Waals surface area (Å²) >= 11 is 4.21. The second kappa shape index (κ2) is 5.78. The molecule has 94 valence electrons. The van der Waals surface area contributed by atoms with Crippen LogP contribution in [-0.2, 0) is 11.2 Å².